The van der Waals surface area contributed by atoms with Gasteiger partial charge in [0.15, 0.2) is 0 Å². The summed E-state index contributed by atoms with van der Waals surface area (Å²) in [6.45, 7) is 0.937. The molecule has 1 N–H and O–H groups in total. The zero-order chi connectivity index (χ0) is 15.5. The van der Waals surface area contributed by atoms with Gasteiger partial charge in [-0.3, -0.25) is 14.9 Å². The van der Waals surface area contributed by atoms with Gasteiger partial charge in [-0.2, -0.15) is 0 Å². The molecule has 0 aromatic heterocycles. The summed E-state index contributed by atoms with van der Waals surface area (Å²) in [5.74, 6) is -1.22. The van der Waals surface area contributed by atoms with Crippen LogP contribution in [0.25, 0.3) is 0 Å². The van der Waals surface area contributed by atoms with E-state index >= 15 is 0 Å². The third-order valence-corrected chi connectivity index (χ3v) is 3.95. The second-order valence-corrected chi connectivity index (χ2v) is 5.20. The van der Waals surface area contributed by atoms with Crippen molar-refractivity contribution in [1.29, 1.82) is 0 Å². The number of hydrogen-bond donors (Lipinski definition) is 1. The van der Waals surface area contributed by atoms with Gasteiger partial charge >= 0.3 is 0 Å². The minimum Gasteiger partial charge on any atom is -0.381 e. The maximum absolute atomic E-state index is 13.4. The average Bonchev–Trinajstić information content (AvgIpc) is 2.47. The molecule has 1 aromatic rings. The molecule has 114 valence electrons. The number of benzene rings is 1. The molecule has 1 fully saturated rings. The number of hydrogen-bond acceptors (Lipinski definition) is 4. The Kier molecular flexibility index (Phi) is 4.74. The number of amides is 1. The Labute approximate surface area is 125 Å². The number of nitrogens with one attached hydrogen (secondary N) is 1. The van der Waals surface area contributed by atoms with Gasteiger partial charge in [0, 0.05) is 30.7 Å². The number of nitro groups is 1. The molecule has 0 spiro atoms. The van der Waals surface area contributed by atoms with Crippen molar-refractivity contribution < 1.29 is 18.8 Å². The molecule has 1 aliphatic rings. The third-order valence-electron chi connectivity index (χ3n) is 3.44. The summed E-state index contributed by atoms with van der Waals surface area (Å²) >= 11 is 5.93. The fraction of sp³-hybridized carbons (Fsp3) is 0.462. The van der Waals surface area contributed by atoms with E-state index in [0.717, 1.165) is 18.2 Å². The monoisotopic (exact) mass is 316 g/mol. The van der Waals surface area contributed by atoms with Gasteiger partial charge in [-0.15, -0.1) is 11.6 Å². The van der Waals surface area contributed by atoms with Gasteiger partial charge in [-0.05, 0) is 18.9 Å². The quantitative estimate of drug-likeness (QED) is 0.525. The van der Waals surface area contributed by atoms with Gasteiger partial charge in [0.25, 0.3) is 11.6 Å². The van der Waals surface area contributed by atoms with E-state index in [9.17, 15) is 19.3 Å². The fourth-order valence-corrected chi connectivity index (χ4v) is 2.51. The van der Waals surface area contributed by atoms with Crippen molar-refractivity contribution in [2.75, 3.05) is 19.1 Å². The predicted molar refractivity (Wildman–Crippen MR) is 74.0 cm³/mol. The molecule has 1 amide bonds. The lowest BCUT2D eigenvalue weighted by Crippen LogP contribution is -2.53. The Bertz CT molecular complexity index is 561. The van der Waals surface area contributed by atoms with Crippen molar-refractivity contribution in [3.05, 3.63) is 39.7 Å². The van der Waals surface area contributed by atoms with Crippen LogP contribution in [0.15, 0.2) is 18.2 Å². The van der Waals surface area contributed by atoms with E-state index in [1.807, 2.05) is 0 Å². The number of carbonyl (C=O) groups excluding carboxylic acids is 1. The number of carbonyl (C=O) groups is 1. The lowest BCUT2D eigenvalue weighted by molar-refractivity contribution is -0.385. The van der Waals surface area contributed by atoms with Crippen molar-refractivity contribution in [1.82, 2.24) is 5.32 Å². The highest BCUT2D eigenvalue weighted by Gasteiger charge is 2.34. The van der Waals surface area contributed by atoms with Crippen LogP contribution in [0.3, 0.4) is 0 Å². The number of alkyl halides is 1. The summed E-state index contributed by atoms with van der Waals surface area (Å²) in [7, 11) is 0. The summed E-state index contributed by atoms with van der Waals surface area (Å²) in [6, 6.07) is 2.77. The van der Waals surface area contributed by atoms with Gasteiger partial charge < -0.3 is 10.1 Å². The first-order chi connectivity index (χ1) is 9.96. The molecule has 0 aliphatic carbocycles. The number of ether oxygens (including phenoxy) is 1. The van der Waals surface area contributed by atoms with Crippen LogP contribution in [-0.4, -0.2) is 35.5 Å². The highest BCUT2D eigenvalue weighted by atomic mass is 35.5. The number of non-ortho nitro benzene ring substituents is 1. The standard InChI is InChI=1S/C13H14ClFN2O4/c14-8-13(1-3-21-4-2-13)16-12(18)9-5-10(15)7-11(6-9)17(19)20/h5-7H,1-4,8H2,(H,16,18). The van der Waals surface area contributed by atoms with Crippen LogP contribution in [0.5, 0.6) is 0 Å². The highest BCUT2D eigenvalue weighted by molar-refractivity contribution is 6.19. The largest absolute Gasteiger partial charge is 0.381 e. The van der Waals surface area contributed by atoms with E-state index in [0.29, 0.717) is 26.1 Å². The molecule has 1 aliphatic heterocycles. The number of nitrogens with zero attached hydrogens (tertiary/aromatic N) is 1. The van der Waals surface area contributed by atoms with E-state index < -0.39 is 27.9 Å². The molecule has 8 heteroatoms. The second-order valence-electron chi connectivity index (χ2n) is 4.94. The molecule has 6 nitrogen and oxygen atoms in total. The van der Waals surface area contributed by atoms with E-state index in [2.05, 4.69) is 5.32 Å². The molecule has 21 heavy (non-hydrogen) atoms. The smallest absolute Gasteiger partial charge is 0.273 e. The van der Waals surface area contributed by atoms with E-state index in [4.69, 9.17) is 16.3 Å². The van der Waals surface area contributed by atoms with Crippen molar-refractivity contribution in [2.24, 2.45) is 0 Å². The molecule has 0 radical (unpaired) electrons. The summed E-state index contributed by atoms with van der Waals surface area (Å²) in [5, 5.41) is 13.5. The number of rotatable bonds is 4. The van der Waals surface area contributed by atoms with E-state index in [1.165, 1.54) is 0 Å². The zero-order valence-corrected chi connectivity index (χ0v) is 11.9. The summed E-state index contributed by atoms with van der Waals surface area (Å²) in [6.07, 6.45) is 1.08. The molecular formula is C13H14ClFN2O4. The van der Waals surface area contributed by atoms with Gasteiger partial charge in [0.05, 0.1) is 16.5 Å². The van der Waals surface area contributed by atoms with E-state index in [-0.39, 0.29) is 11.4 Å². The van der Waals surface area contributed by atoms with Gasteiger partial charge in [-0.1, -0.05) is 0 Å². The molecule has 2 rings (SSSR count). The minimum absolute atomic E-state index is 0.0994. The van der Waals surface area contributed by atoms with Crippen LogP contribution in [0.4, 0.5) is 10.1 Å². The Morgan fingerprint density at radius 1 is 1.43 bits per heavy atom. The van der Waals surface area contributed by atoms with Crippen LogP contribution in [0, 0.1) is 15.9 Å². The normalized spacial score (nSPS) is 17.2. The Hall–Kier alpha value is -1.73. The predicted octanol–water partition coefficient (Wildman–Crippen LogP) is 2.25. The number of nitro benzene ring substituents is 1. The first-order valence-corrected chi connectivity index (χ1v) is 6.90. The van der Waals surface area contributed by atoms with Gasteiger partial charge in [-0.25, -0.2) is 4.39 Å². The fourth-order valence-electron chi connectivity index (χ4n) is 2.18. The van der Waals surface area contributed by atoms with Crippen molar-refractivity contribution >= 4 is 23.2 Å². The first-order valence-electron chi connectivity index (χ1n) is 6.37. The molecular weight excluding hydrogens is 303 g/mol. The molecule has 0 saturated carbocycles. The number of halogens is 2. The average molecular weight is 317 g/mol. The molecule has 0 bridgehead atoms. The lowest BCUT2D eigenvalue weighted by Gasteiger charge is -2.36. The molecule has 0 atom stereocenters. The van der Waals surface area contributed by atoms with Crippen molar-refractivity contribution in [2.45, 2.75) is 18.4 Å². The Morgan fingerprint density at radius 3 is 2.67 bits per heavy atom. The van der Waals surface area contributed by atoms with Crippen LogP contribution in [0.1, 0.15) is 23.2 Å². The highest BCUT2D eigenvalue weighted by Crippen LogP contribution is 2.24. The maximum Gasteiger partial charge on any atom is 0.273 e. The zero-order valence-electron chi connectivity index (χ0n) is 11.1. The lowest BCUT2D eigenvalue weighted by atomic mass is 9.91. The maximum atomic E-state index is 13.4. The molecule has 1 heterocycles. The summed E-state index contributed by atoms with van der Waals surface area (Å²) in [4.78, 5) is 22.2. The molecule has 1 aromatic carbocycles. The Balaban J connectivity index is 2.21. The Morgan fingerprint density at radius 2 is 2.10 bits per heavy atom. The van der Waals surface area contributed by atoms with Crippen LogP contribution >= 0.6 is 11.6 Å². The SMILES string of the molecule is O=C(NC1(CCl)CCOCC1)c1cc(F)cc([N+](=O)[O-])c1. The van der Waals surface area contributed by atoms with Gasteiger partial charge in [0.1, 0.15) is 5.82 Å². The van der Waals surface area contributed by atoms with E-state index in [1.54, 1.807) is 0 Å². The molecule has 1 saturated heterocycles. The second kappa shape index (κ2) is 6.36. The van der Waals surface area contributed by atoms with Crippen LogP contribution in [0.2, 0.25) is 0 Å². The summed E-state index contributed by atoms with van der Waals surface area (Å²) < 4.78 is 18.6. The first kappa shape index (κ1) is 15.7. The molecule has 0 unspecified atom stereocenters. The van der Waals surface area contributed by atoms with Gasteiger partial charge in [0.2, 0.25) is 0 Å². The van der Waals surface area contributed by atoms with Crippen molar-refractivity contribution in [3.8, 4) is 0 Å². The summed E-state index contributed by atoms with van der Waals surface area (Å²) in [5.41, 5.74) is -1.19. The topological polar surface area (TPSA) is 81.5 Å². The van der Waals surface area contributed by atoms with Crippen molar-refractivity contribution in [3.63, 3.8) is 0 Å². The minimum atomic E-state index is -0.832. The third kappa shape index (κ3) is 3.68. The van der Waals surface area contributed by atoms with Crippen LogP contribution < -0.4 is 5.32 Å². The van der Waals surface area contributed by atoms with Crippen LogP contribution in [-0.2, 0) is 4.74 Å².